The highest BCUT2D eigenvalue weighted by molar-refractivity contribution is 9.10. The number of thioether (sulfide) groups is 1. The van der Waals surface area contributed by atoms with E-state index in [0.717, 1.165) is 35.0 Å². The van der Waals surface area contributed by atoms with Crippen molar-refractivity contribution in [2.75, 3.05) is 19.8 Å². The topological polar surface area (TPSA) is 48.0 Å². The van der Waals surface area contributed by atoms with Gasteiger partial charge in [0.1, 0.15) is 10.9 Å². The highest BCUT2D eigenvalue weighted by Crippen LogP contribution is 2.40. The number of carbonyl (C=O) groups excluding carboxylic acids is 1. The summed E-state index contributed by atoms with van der Waals surface area (Å²) < 4.78 is 18.9. The van der Waals surface area contributed by atoms with Gasteiger partial charge >= 0.3 is 0 Å². The molecule has 0 radical (unpaired) electrons. The lowest BCUT2D eigenvalue weighted by molar-refractivity contribution is -0.123. The average molecular weight is 569 g/mol. The molecule has 0 aromatic heterocycles. The Labute approximate surface area is 216 Å². The second-order valence-corrected chi connectivity index (χ2v) is 10.6. The molecule has 2 saturated heterocycles. The van der Waals surface area contributed by atoms with E-state index in [2.05, 4.69) is 15.9 Å². The van der Waals surface area contributed by atoms with E-state index in [1.807, 2.05) is 49.4 Å². The quantitative estimate of drug-likeness (QED) is 0.269. The van der Waals surface area contributed by atoms with Crippen molar-refractivity contribution in [3.63, 3.8) is 0 Å². The second kappa shape index (κ2) is 11.2. The van der Waals surface area contributed by atoms with Crippen LogP contribution >= 0.6 is 51.5 Å². The largest absolute Gasteiger partial charge is 0.490 e. The summed E-state index contributed by atoms with van der Waals surface area (Å²) in [5, 5.41) is 0.660. The lowest BCUT2D eigenvalue weighted by atomic mass is 10.1. The first-order valence-corrected chi connectivity index (χ1v) is 13.0. The van der Waals surface area contributed by atoms with Gasteiger partial charge in [-0.05, 0) is 77.2 Å². The first-order chi connectivity index (χ1) is 15.9. The lowest BCUT2D eigenvalue weighted by Crippen LogP contribution is -2.35. The molecule has 4 rings (SSSR count). The number of amides is 1. The number of hydrogen-bond acceptors (Lipinski definition) is 6. The first kappa shape index (κ1) is 24.5. The minimum absolute atomic E-state index is 0.0569. The van der Waals surface area contributed by atoms with Gasteiger partial charge in [-0.15, -0.1) is 0 Å². The van der Waals surface area contributed by atoms with Crippen molar-refractivity contribution in [3.8, 4) is 11.5 Å². The minimum atomic E-state index is -0.0872. The Bertz CT molecular complexity index is 1090. The van der Waals surface area contributed by atoms with Crippen LogP contribution in [0.5, 0.6) is 11.5 Å². The maximum atomic E-state index is 13.0. The standard InChI is InChI=1S/C24H23BrClNO4S2/c1-2-29-20-11-16(10-19(25)22(20)31-14-15-5-3-6-17(26)9-15)12-21-23(28)27(24(32)33-21)13-18-7-4-8-30-18/h3,5-6,9-12,18H,2,4,7-8,13-14H2,1H3/b21-12-/t18-/m1/s1. The van der Waals surface area contributed by atoms with Crippen molar-refractivity contribution in [2.24, 2.45) is 0 Å². The molecule has 0 aliphatic carbocycles. The molecule has 5 nitrogen and oxygen atoms in total. The van der Waals surface area contributed by atoms with E-state index < -0.39 is 0 Å². The third kappa shape index (κ3) is 6.11. The van der Waals surface area contributed by atoms with E-state index in [4.69, 9.17) is 38.0 Å². The summed E-state index contributed by atoms with van der Waals surface area (Å²) in [6, 6.07) is 11.3. The molecule has 2 heterocycles. The average Bonchev–Trinajstić information content (AvgIpc) is 3.38. The predicted octanol–water partition coefficient (Wildman–Crippen LogP) is 6.46. The van der Waals surface area contributed by atoms with Gasteiger partial charge in [-0.25, -0.2) is 0 Å². The Kier molecular flexibility index (Phi) is 8.35. The molecular formula is C24H23BrClNO4S2. The molecule has 174 valence electrons. The van der Waals surface area contributed by atoms with Crippen LogP contribution in [-0.2, 0) is 16.1 Å². The van der Waals surface area contributed by atoms with Crippen LogP contribution in [0, 0.1) is 0 Å². The summed E-state index contributed by atoms with van der Waals surface area (Å²) in [7, 11) is 0. The van der Waals surface area contributed by atoms with Crippen LogP contribution in [0.1, 0.15) is 30.9 Å². The second-order valence-electron chi connectivity index (χ2n) is 7.61. The van der Waals surface area contributed by atoms with Gasteiger partial charge in [-0.1, -0.05) is 47.7 Å². The molecular weight excluding hydrogens is 546 g/mol. The molecule has 0 N–H and O–H groups in total. The molecule has 2 fully saturated rings. The summed E-state index contributed by atoms with van der Waals surface area (Å²) in [4.78, 5) is 15.2. The summed E-state index contributed by atoms with van der Waals surface area (Å²) in [6.45, 7) is 3.99. The Hall–Kier alpha value is -1.58. The van der Waals surface area contributed by atoms with Gasteiger partial charge in [-0.3, -0.25) is 9.69 Å². The van der Waals surface area contributed by atoms with E-state index in [1.54, 1.807) is 4.90 Å². The van der Waals surface area contributed by atoms with Crippen LogP contribution in [0.3, 0.4) is 0 Å². The fraction of sp³-hybridized carbons (Fsp3) is 0.333. The monoisotopic (exact) mass is 567 g/mol. The predicted molar refractivity (Wildman–Crippen MR) is 140 cm³/mol. The molecule has 1 amide bonds. The van der Waals surface area contributed by atoms with Gasteiger partial charge in [0.25, 0.3) is 5.91 Å². The Morgan fingerprint density at radius 1 is 1.33 bits per heavy atom. The number of halogens is 2. The first-order valence-electron chi connectivity index (χ1n) is 10.6. The van der Waals surface area contributed by atoms with E-state index in [0.29, 0.717) is 45.5 Å². The third-order valence-electron chi connectivity index (χ3n) is 5.19. The van der Waals surface area contributed by atoms with Gasteiger partial charge in [0, 0.05) is 11.6 Å². The highest BCUT2D eigenvalue weighted by Gasteiger charge is 2.34. The minimum Gasteiger partial charge on any atom is -0.490 e. The Balaban J connectivity index is 1.53. The van der Waals surface area contributed by atoms with Crippen LogP contribution in [0.4, 0.5) is 0 Å². The molecule has 33 heavy (non-hydrogen) atoms. The number of ether oxygens (including phenoxy) is 3. The highest BCUT2D eigenvalue weighted by atomic mass is 79.9. The van der Waals surface area contributed by atoms with Crippen LogP contribution in [0.2, 0.25) is 5.02 Å². The number of nitrogens with zero attached hydrogens (tertiary/aromatic N) is 1. The van der Waals surface area contributed by atoms with Gasteiger partial charge < -0.3 is 14.2 Å². The van der Waals surface area contributed by atoms with Crippen molar-refractivity contribution in [2.45, 2.75) is 32.5 Å². The molecule has 0 unspecified atom stereocenters. The third-order valence-corrected chi connectivity index (χ3v) is 7.39. The molecule has 2 aliphatic heterocycles. The van der Waals surface area contributed by atoms with E-state index >= 15 is 0 Å². The molecule has 0 bridgehead atoms. The summed E-state index contributed by atoms with van der Waals surface area (Å²) in [5.41, 5.74) is 1.77. The zero-order valence-corrected chi connectivity index (χ0v) is 22.0. The van der Waals surface area contributed by atoms with Crippen molar-refractivity contribution in [3.05, 3.63) is 61.9 Å². The van der Waals surface area contributed by atoms with Crippen LogP contribution in [0.15, 0.2) is 45.8 Å². The SMILES string of the molecule is CCOc1cc(/C=C2\SC(=S)N(C[C@H]3CCCO3)C2=O)cc(Br)c1OCc1cccc(Cl)c1. The number of rotatable bonds is 8. The fourth-order valence-electron chi connectivity index (χ4n) is 3.66. The van der Waals surface area contributed by atoms with E-state index in [9.17, 15) is 4.79 Å². The maximum Gasteiger partial charge on any atom is 0.266 e. The van der Waals surface area contributed by atoms with Crippen molar-refractivity contribution < 1.29 is 19.0 Å². The van der Waals surface area contributed by atoms with E-state index in [-0.39, 0.29) is 12.0 Å². The van der Waals surface area contributed by atoms with Gasteiger partial charge in [0.2, 0.25) is 0 Å². The molecule has 2 aliphatic rings. The zero-order valence-electron chi connectivity index (χ0n) is 18.0. The maximum absolute atomic E-state index is 13.0. The Morgan fingerprint density at radius 3 is 2.91 bits per heavy atom. The number of hydrogen-bond donors (Lipinski definition) is 0. The normalized spacial score (nSPS) is 19.5. The Morgan fingerprint density at radius 2 is 2.18 bits per heavy atom. The van der Waals surface area contributed by atoms with Crippen LogP contribution in [-0.4, -0.2) is 41.0 Å². The number of carbonyl (C=O) groups is 1. The van der Waals surface area contributed by atoms with E-state index in [1.165, 1.54) is 11.8 Å². The van der Waals surface area contributed by atoms with Crippen LogP contribution < -0.4 is 9.47 Å². The van der Waals surface area contributed by atoms with Gasteiger partial charge in [0.15, 0.2) is 11.5 Å². The van der Waals surface area contributed by atoms with Gasteiger partial charge in [-0.2, -0.15) is 0 Å². The molecule has 2 aromatic carbocycles. The van der Waals surface area contributed by atoms with Crippen molar-refractivity contribution >= 4 is 67.8 Å². The smallest absolute Gasteiger partial charge is 0.266 e. The van der Waals surface area contributed by atoms with Crippen LogP contribution in [0.25, 0.3) is 6.08 Å². The number of thiocarbonyl (C=S) groups is 1. The summed E-state index contributed by atoms with van der Waals surface area (Å²) in [6.07, 6.45) is 3.87. The molecule has 9 heteroatoms. The lowest BCUT2D eigenvalue weighted by Gasteiger charge is -2.18. The van der Waals surface area contributed by atoms with Gasteiger partial charge in [0.05, 0.1) is 28.6 Å². The van der Waals surface area contributed by atoms with Crippen molar-refractivity contribution in [1.29, 1.82) is 0 Å². The molecule has 0 saturated carbocycles. The fourth-order valence-corrected chi connectivity index (χ4v) is 5.72. The molecule has 2 aromatic rings. The zero-order chi connectivity index (χ0) is 23.4. The number of benzene rings is 2. The summed E-state index contributed by atoms with van der Waals surface area (Å²) in [5.74, 6) is 1.10. The molecule has 1 atom stereocenters. The molecule has 0 spiro atoms. The van der Waals surface area contributed by atoms with Crippen molar-refractivity contribution in [1.82, 2.24) is 4.90 Å². The summed E-state index contributed by atoms with van der Waals surface area (Å²) >= 11 is 16.4.